The highest BCUT2D eigenvalue weighted by Gasteiger charge is 2.24. The molecule has 128 valence electrons. The first kappa shape index (κ1) is 18.0. The number of benzene rings is 1. The van der Waals surface area contributed by atoms with E-state index in [1.165, 1.54) is 5.56 Å². The van der Waals surface area contributed by atoms with Crippen LogP contribution in [0.1, 0.15) is 51.0 Å². The molecule has 0 spiro atoms. The molecule has 0 unspecified atom stereocenters. The Hall–Kier alpha value is -1.39. The van der Waals surface area contributed by atoms with Gasteiger partial charge < -0.3 is 10.4 Å². The van der Waals surface area contributed by atoms with Crippen LogP contribution in [0.3, 0.4) is 0 Å². The Morgan fingerprint density at radius 3 is 2.61 bits per heavy atom. The first-order valence-corrected chi connectivity index (χ1v) is 8.70. The predicted octanol–water partition coefficient (Wildman–Crippen LogP) is 3.23. The fraction of sp³-hybridized carbons (Fsp3) is 0.632. The number of hydrogen-bond donors (Lipinski definition) is 2. The lowest BCUT2D eigenvalue weighted by atomic mass is 9.86. The van der Waals surface area contributed by atoms with E-state index in [2.05, 4.69) is 36.2 Å². The normalized spacial score (nSPS) is 21.7. The Bertz CT molecular complexity index is 508. The predicted molar refractivity (Wildman–Crippen MR) is 94.6 cm³/mol. The van der Waals surface area contributed by atoms with Crippen LogP contribution in [-0.2, 0) is 4.79 Å². The molecule has 4 nitrogen and oxygen atoms in total. The maximum atomic E-state index is 12.3. The summed E-state index contributed by atoms with van der Waals surface area (Å²) in [7, 11) is 2.02. The minimum Gasteiger partial charge on any atom is -0.396 e. The first-order chi connectivity index (χ1) is 11.0. The summed E-state index contributed by atoms with van der Waals surface area (Å²) < 4.78 is 0. The van der Waals surface area contributed by atoms with Crippen molar-refractivity contribution in [1.82, 2.24) is 4.90 Å². The third-order valence-corrected chi connectivity index (χ3v) is 4.93. The number of aliphatic hydroxyl groups excluding tert-OH is 1. The number of carbonyl (C=O) groups excluding carboxylic acids is 1. The second-order valence-electron chi connectivity index (χ2n) is 7.10. The van der Waals surface area contributed by atoms with Crippen LogP contribution in [0.5, 0.6) is 0 Å². The number of anilines is 1. The average Bonchev–Trinajstić information content (AvgIpc) is 2.55. The van der Waals surface area contributed by atoms with Gasteiger partial charge in [-0.3, -0.25) is 9.69 Å². The van der Waals surface area contributed by atoms with Gasteiger partial charge >= 0.3 is 0 Å². The SMILES string of the molecule is CC(C)c1cccc(NC(=O)CN(C)C2CCC(CO)CC2)c1. The number of likely N-dealkylation sites (N-methyl/N-ethyl adjacent to an activating group) is 1. The molecule has 1 aromatic rings. The number of nitrogens with zero attached hydrogens (tertiary/aromatic N) is 1. The van der Waals surface area contributed by atoms with E-state index >= 15 is 0 Å². The van der Waals surface area contributed by atoms with Gasteiger partial charge in [0.05, 0.1) is 6.54 Å². The molecular formula is C19H30N2O2. The van der Waals surface area contributed by atoms with Gasteiger partial charge in [0.25, 0.3) is 0 Å². The third kappa shape index (κ3) is 5.33. The van der Waals surface area contributed by atoms with Gasteiger partial charge in [-0.25, -0.2) is 0 Å². The van der Waals surface area contributed by atoms with E-state index in [9.17, 15) is 9.90 Å². The van der Waals surface area contributed by atoms with E-state index in [0.29, 0.717) is 31.0 Å². The van der Waals surface area contributed by atoms with Crippen LogP contribution in [0.4, 0.5) is 5.69 Å². The summed E-state index contributed by atoms with van der Waals surface area (Å²) in [6.07, 6.45) is 4.25. The highest BCUT2D eigenvalue weighted by Crippen LogP contribution is 2.26. The monoisotopic (exact) mass is 318 g/mol. The third-order valence-electron chi connectivity index (χ3n) is 4.93. The minimum absolute atomic E-state index is 0.0395. The van der Waals surface area contributed by atoms with Crippen molar-refractivity contribution >= 4 is 11.6 Å². The van der Waals surface area contributed by atoms with Gasteiger partial charge in [0.2, 0.25) is 5.91 Å². The summed E-state index contributed by atoms with van der Waals surface area (Å²) in [5.74, 6) is 0.946. The highest BCUT2D eigenvalue weighted by atomic mass is 16.3. The molecule has 1 aromatic carbocycles. The Kier molecular flexibility index (Phi) is 6.60. The highest BCUT2D eigenvalue weighted by molar-refractivity contribution is 5.92. The maximum absolute atomic E-state index is 12.3. The molecule has 1 fully saturated rings. The van der Waals surface area contributed by atoms with E-state index in [0.717, 1.165) is 31.4 Å². The van der Waals surface area contributed by atoms with Crippen LogP contribution in [0, 0.1) is 5.92 Å². The van der Waals surface area contributed by atoms with Gasteiger partial charge in [0, 0.05) is 18.3 Å². The maximum Gasteiger partial charge on any atom is 0.238 e. The van der Waals surface area contributed by atoms with Crippen molar-refractivity contribution in [1.29, 1.82) is 0 Å². The summed E-state index contributed by atoms with van der Waals surface area (Å²) in [6, 6.07) is 8.52. The van der Waals surface area contributed by atoms with Crippen molar-refractivity contribution in [2.75, 3.05) is 25.5 Å². The van der Waals surface area contributed by atoms with Gasteiger partial charge in [-0.05, 0) is 62.3 Å². The fourth-order valence-electron chi connectivity index (χ4n) is 3.30. The van der Waals surface area contributed by atoms with Crippen molar-refractivity contribution in [2.24, 2.45) is 5.92 Å². The summed E-state index contributed by atoms with van der Waals surface area (Å²) in [5.41, 5.74) is 2.11. The van der Waals surface area contributed by atoms with Gasteiger partial charge in [0.15, 0.2) is 0 Å². The van der Waals surface area contributed by atoms with Gasteiger partial charge in [-0.15, -0.1) is 0 Å². The summed E-state index contributed by atoms with van der Waals surface area (Å²) >= 11 is 0. The smallest absolute Gasteiger partial charge is 0.238 e. The number of nitrogens with one attached hydrogen (secondary N) is 1. The van der Waals surface area contributed by atoms with Crippen molar-refractivity contribution in [3.05, 3.63) is 29.8 Å². The molecule has 0 radical (unpaired) electrons. The van der Waals surface area contributed by atoms with Gasteiger partial charge in [0.1, 0.15) is 0 Å². The molecule has 1 saturated carbocycles. The number of aliphatic hydroxyl groups is 1. The quantitative estimate of drug-likeness (QED) is 0.846. The zero-order chi connectivity index (χ0) is 16.8. The van der Waals surface area contributed by atoms with E-state index in [1.54, 1.807) is 0 Å². The molecule has 2 N–H and O–H groups in total. The number of hydrogen-bond acceptors (Lipinski definition) is 3. The van der Waals surface area contributed by atoms with Crippen molar-refractivity contribution in [3.8, 4) is 0 Å². The molecule has 1 aliphatic carbocycles. The number of carbonyl (C=O) groups is 1. The van der Waals surface area contributed by atoms with Gasteiger partial charge in [-0.1, -0.05) is 26.0 Å². The standard InChI is InChI=1S/C19H30N2O2/c1-14(2)16-5-4-6-17(11-16)20-19(23)12-21(3)18-9-7-15(13-22)8-10-18/h4-6,11,14-15,18,22H,7-10,12-13H2,1-3H3,(H,20,23). The molecule has 0 bridgehead atoms. The zero-order valence-corrected chi connectivity index (χ0v) is 14.6. The summed E-state index contributed by atoms with van der Waals surface area (Å²) in [6.45, 7) is 5.01. The second kappa shape index (κ2) is 8.46. The lowest BCUT2D eigenvalue weighted by Crippen LogP contribution is -2.40. The molecule has 0 saturated heterocycles. The average molecular weight is 318 g/mol. The van der Waals surface area contributed by atoms with E-state index < -0.39 is 0 Å². The number of rotatable bonds is 6. The molecule has 4 heteroatoms. The molecule has 0 atom stereocenters. The Morgan fingerprint density at radius 1 is 1.30 bits per heavy atom. The van der Waals surface area contributed by atoms with Crippen LogP contribution in [0.25, 0.3) is 0 Å². The topological polar surface area (TPSA) is 52.6 Å². The van der Waals surface area contributed by atoms with Crippen molar-refractivity contribution < 1.29 is 9.90 Å². The molecule has 0 aromatic heterocycles. The Morgan fingerprint density at radius 2 is 2.00 bits per heavy atom. The van der Waals surface area contributed by atoms with E-state index in [1.807, 2.05) is 19.2 Å². The molecule has 0 aliphatic heterocycles. The Labute approximate surface area is 139 Å². The fourth-order valence-corrected chi connectivity index (χ4v) is 3.30. The summed E-state index contributed by atoms with van der Waals surface area (Å²) in [5, 5.41) is 12.2. The lowest BCUT2D eigenvalue weighted by molar-refractivity contribution is -0.117. The van der Waals surface area contributed by atoms with Gasteiger partial charge in [-0.2, -0.15) is 0 Å². The molecule has 23 heavy (non-hydrogen) atoms. The first-order valence-electron chi connectivity index (χ1n) is 8.70. The van der Waals surface area contributed by atoms with Crippen LogP contribution >= 0.6 is 0 Å². The molecule has 1 aliphatic rings. The van der Waals surface area contributed by atoms with Crippen LogP contribution in [0.2, 0.25) is 0 Å². The molecule has 2 rings (SSSR count). The number of amides is 1. The Balaban J connectivity index is 1.83. The molecular weight excluding hydrogens is 288 g/mol. The van der Waals surface area contributed by atoms with Crippen molar-refractivity contribution in [3.63, 3.8) is 0 Å². The van der Waals surface area contributed by atoms with Crippen LogP contribution < -0.4 is 5.32 Å². The molecule has 0 heterocycles. The van der Waals surface area contributed by atoms with Crippen LogP contribution in [0.15, 0.2) is 24.3 Å². The second-order valence-corrected chi connectivity index (χ2v) is 7.10. The zero-order valence-electron chi connectivity index (χ0n) is 14.6. The summed E-state index contributed by atoms with van der Waals surface area (Å²) in [4.78, 5) is 14.4. The van der Waals surface area contributed by atoms with E-state index in [-0.39, 0.29) is 5.91 Å². The lowest BCUT2D eigenvalue weighted by Gasteiger charge is -2.33. The van der Waals surface area contributed by atoms with Crippen LogP contribution in [-0.4, -0.2) is 42.2 Å². The largest absolute Gasteiger partial charge is 0.396 e. The van der Waals surface area contributed by atoms with E-state index in [4.69, 9.17) is 0 Å². The van der Waals surface area contributed by atoms with Crippen molar-refractivity contribution in [2.45, 2.75) is 51.5 Å². The minimum atomic E-state index is 0.0395. The molecule has 1 amide bonds.